The lowest BCUT2D eigenvalue weighted by molar-refractivity contribution is -0.151. The fourth-order valence-electron chi connectivity index (χ4n) is 3.40. The van der Waals surface area contributed by atoms with Gasteiger partial charge in [0.15, 0.2) is 16.9 Å². The normalized spacial score (nSPS) is 17.8. The lowest BCUT2D eigenvalue weighted by Crippen LogP contribution is -2.36. The zero-order valence-corrected chi connectivity index (χ0v) is 17.4. The molecule has 7 nitrogen and oxygen atoms in total. The van der Waals surface area contributed by atoms with Crippen LogP contribution in [0.5, 0.6) is 5.75 Å². The first-order valence-corrected chi connectivity index (χ1v) is 10.4. The van der Waals surface area contributed by atoms with E-state index in [9.17, 15) is 9.59 Å². The largest absolute Gasteiger partial charge is 0.491 e. The second kappa shape index (κ2) is 9.41. The van der Waals surface area contributed by atoms with Gasteiger partial charge in [-0.1, -0.05) is 29.8 Å². The molecule has 1 aliphatic carbocycles. The topological polar surface area (TPSA) is 98.0 Å². The zero-order chi connectivity index (χ0) is 21.8. The van der Waals surface area contributed by atoms with Crippen molar-refractivity contribution in [2.75, 3.05) is 18.5 Å². The highest BCUT2D eigenvalue weighted by atomic mass is 35.5. The summed E-state index contributed by atoms with van der Waals surface area (Å²) in [5.74, 6) is 0.0431. The lowest BCUT2D eigenvalue weighted by atomic mass is 9.82. The predicted octanol–water partition coefficient (Wildman–Crippen LogP) is 4.32. The molecule has 2 aromatic carbocycles. The van der Waals surface area contributed by atoms with E-state index < -0.39 is 5.97 Å². The quantitative estimate of drug-likeness (QED) is 0.475. The van der Waals surface area contributed by atoms with Crippen molar-refractivity contribution in [1.82, 2.24) is 0 Å². The van der Waals surface area contributed by atoms with Gasteiger partial charge in [0.05, 0.1) is 29.0 Å². The third-order valence-corrected chi connectivity index (χ3v) is 5.54. The van der Waals surface area contributed by atoms with Gasteiger partial charge >= 0.3 is 5.97 Å². The minimum absolute atomic E-state index is 0.0168. The number of benzene rings is 2. The van der Waals surface area contributed by atoms with Crippen LogP contribution in [-0.4, -0.2) is 30.4 Å². The van der Waals surface area contributed by atoms with E-state index >= 15 is 0 Å². The van der Waals surface area contributed by atoms with Crippen LogP contribution < -0.4 is 15.5 Å². The van der Waals surface area contributed by atoms with Crippen molar-refractivity contribution in [3.05, 3.63) is 69.3 Å². The Morgan fingerprint density at radius 1 is 1.16 bits per heavy atom. The molecule has 0 amide bonds. The number of carboxylic acid groups (broad SMARTS) is 1. The third kappa shape index (κ3) is 5.18. The predicted molar refractivity (Wildman–Crippen MR) is 117 cm³/mol. The number of hydrogen-bond donors (Lipinski definition) is 2. The molecular weight excluding hydrogens is 422 g/mol. The van der Waals surface area contributed by atoms with Gasteiger partial charge < -0.3 is 24.3 Å². The molecule has 1 saturated carbocycles. The van der Waals surface area contributed by atoms with Crippen molar-refractivity contribution in [1.29, 1.82) is 0 Å². The highest BCUT2D eigenvalue weighted by Gasteiger charge is 2.34. The fraction of sp³-hybridized carbons (Fsp3) is 0.304. The SMILES string of the molecule is O=C(O)C1CC(OCCOc2ccc(CNc3cc(=O)c4cccc(Cl)c4o3)cc2)C1. The summed E-state index contributed by atoms with van der Waals surface area (Å²) in [6.07, 6.45) is 1.16. The Morgan fingerprint density at radius 3 is 2.68 bits per heavy atom. The zero-order valence-electron chi connectivity index (χ0n) is 16.7. The van der Waals surface area contributed by atoms with E-state index in [1.807, 2.05) is 24.3 Å². The number of hydrogen-bond acceptors (Lipinski definition) is 6. The summed E-state index contributed by atoms with van der Waals surface area (Å²) < 4.78 is 17.0. The van der Waals surface area contributed by atoms with Gasteiger partial charge in [-0.3, -0.25) is 9.59 Å². The molecule has 0 spiro atoms. The molecule has 0 atom stereocenters. The van der Waals surface area contributed by atoms with Crippen molar-refractivity contribution in [2.45, 2.75) is 25.5 Å². The second-order valence-corrected chi connectivity index (χ2v) is 7.84. The minimum Gasteiger partial charge on any atom is -0.491 e. The molecular formula is C23H22ClNO6. The number of para-hydroxylation sites is 1. The minimum atomic E-state index is -0.753. The first-order chi connectivity index (χ1) is 15.0. The molecule has 0 saturated heterocycles. The summed E-state index contributed by atoms with van der Waals surface area (Å²) in [5, 5.41) is 12.8. The number of aliphatic carboxylic acids is 1. The van der Waals surface area contributed by atoms with Crippen molar-refractivity contribution < 1.29 is 23.8 Å². The maximum absolute atomic E-state index is 12.2. The molecule has 8 heteroatoms. The molecule has 3 aromatic rings. The number of anilines is 1. The van der Waals surface area contributed by atoms with Crippen molar-refractivity contribution >= 4 is 34.4 Å². The summed E-state index contributed by atoms with van der Waals surface area (Å²) in [7, 11) is 0. The third-order valence-electron chi connectivity index (χ3n) is 5.25. The second-order valence-electron chi connectivity index (χ2n) is 7.44. The molecule has 4 rings (SSSR count). The summed E-state index contributed by atoms with van der Waals surface area (Å²) in [4.78, 5) is 23.0. The van der Waals surface area contributed by atoms with Crippen LogP contribution in [0.1, 0.15) is 18.4 Å². The van der Waals surface area contributed by atoms with E-state index in [2.05, 4.69) is 5.32 Å². The molecule has 0 bridgehead atoms. The standard InChI is InChI=1S/C23H22ClNO6/c24-19-3-1-2-18-20(26)12-21(31-22(18)19)25-13-14-4-6-16(7-5-14)29-8-9-30-17-10-15(11-17)23(27)28/h1-7,12,15,17,25H,8-11,13H2,(H,27,28). The van der Waals surface area contributed by atoms with E-state index in [4.69, 9.17) is 30.6 Å². The van der Waals surface area contributed by atoms with Gasteiger partial charge in [0, 0.05) is 12.6 Å². The number of rotatable bonds is 9. The van der Waals surface area contributed by atoms with Crippen LogP contribution in [0.4, 0.5) is 5.88 Å². The highest BCUT2D eigenvalue weighted by molar-refractivity contribution is 6.34. The van der Waals surface area contributed by atoms with Crippen molar-refractivity contribution in [3.63, 3.8) is 0 Å². The number of halogens is 1. The Kier molecular flexibility index (Phi) is 6.44. The van der Waals surface area contributed by atoms with Crippen molar-refractivity contribution in [2.24, 2.45) is 5.92 Å². The van der Waals surface area contributed by atoms with E-state index in [-0.39, 0.29) is 17.5 Å². The van der Waals surface area contributed by atoms with E-state index in [0.29, 0.717) is 60.2 Å². The van der Waals surface area contributed by atoms with Gasteiger partial charge in [-0.25, -0.2) is 0 Å². The Morgan fingerprint density at radius 2 is 1.94 bits per heavy atom. The van der Waals surface area contributed by atoms with Crippen LogP contribution in [0.2, 0.25) is 5.02 Å². The van der Waals surface area contributed by atoms with Gasteiger partial charge in [0.2, 0.25) is 0 Å². The van der Waals surface area contributed by atoms with Gasteiger partial charge in [0.1, 0.15) is 12.4 Å². The molecule has 2 N–H and O–H groups in total. The molecule has 1 aromatic heterocycles. The molecule has 162 valence electrons. The summed E-state index contributed by atoms with van der Waals surface area (Å²) in [6.45, 7) is 1.29. The summed E-state index contributed by atoms with van der Waals surface area (Å²) >= 11 is 6.13. The number of nitrogens with one attached hydrogen (secondary N) is 1. The summed E-state index contributed by atoms with van der Waals surface area (Å²) in [5.41, 5.74) is 1.20. The van der Waals surface area contributed by atoms with Gasteiger partial charge in [-0.2, -0.15) is 0 Å². The van der Waals surface area contributed by atoms with Crippen LogP contribution in [0.25, 0.3) is 11.0 Å². The first kappa shape index (κ1) is 21.2. The Labute approximate surface area is 183 Å². The molecule has 0 aliphatic heterocycles. The van der Waals surface area contributed by atoms with E-state index in [0.717, 1.165) is 5.56 Å². The average molecular weight is 444 g/mol. The van der Waals surface area contributed by atoms with Crippen molar-refractivity contribution in [3.8, 4) is 5.75 Å². The lowest BCUT2D eigenvalue weighted by Gasteiger charge is -2.31. The highest BCUT2D eigenvalue weighted by Crippen LogP contribution is 2.30. The van der Waals surface area contributed by atoms with Crippen LogP contribution in [-0.2, 0) is 16.1 Å². The van der Waals surface area contributed by atoms with E-state index in [1.165, 1.54) is 6.07 Å². The maximum atomic E-state index is 12.2. The Balaban J connectivity index is 1.24. The van der Waals surface area contributed by atoms with Crippen LogP contribution in [0, 0.1) is 5.92 Å². The van der Waals surface area contributed by atoms with Crippen LogP contribution >= 0.6 is 11.6 Å². The molecule has 0 radical (unpaired) electrons. The van der Waals surface area contributed by atoms with Gasteiger partial charge in [-0.15, -0.1) is 0 Å². The molecule has 1 fully saturated rings. The molecule has 31 heavy (non-hydrogen) atoms. The first-order valence-electron chi connectivity index (χ1n) is 10.0. The maximum Gasteiger partial charge on any atom is 0.306 e. The van der Waals surface area contributed by atoms with Gasteiger partial charge in [0.25, 0.3) is 0 Å². The Hall–Kier alpha value is -3.03. The van der Waals surface area contributed by atoms with Crippen LogP contribution in [0.3, 0.4) is 0 Å². The summed E-state index contributed by atoms with van der Waals surface area (Å²) in [6, 6.07) is 14.0. The fourth-order valence-corrected chi connectivity index (χ4v) is 3.61. The molecule has 1 aliphatic rings. The number of fused-ring (bicyclic) bond motifs is 1. The smallest absolute Gasteiger partial charge is 0.306 e. The number of ether oxygens (including phenoxy) is 2. The number of carbonyl (C=O) groups is 1. The average Bonchev–Trinajstić information content (AvgIpc) is 2.72. The molecule has 1 heterocycles. The van der Waals surface area contributed by atoms with Gasteiger partial charge in [-0.05, 0) is 42.7 Å². The monoisotopic (exact) mass is 443 g/mol. The number of carboxylic acids is 1. The van der Waals surface area contributed by atoms with Crippen LogP contribution in [0.15, 0.2) is 57.7 Å². The van der Waals surface area contributed by atoms with E-state index in [1.54, 1.807) is 18.2 Å². The molecule has 0 unspecified atom stereocenters. The Bertz CT molecular complexity index is 1120.